The minimum atomic E-state index is -1.33. The van der Waals surface area contributed by atoms with Gasteiger partial charge in [0.05, 0.1) is 18.8 Å². The highest BCUT2D eigenvalue weighted by Crippen LogP contribution is 2.18. The highest BCUT2D eigenvalue weighted by atomic mass is 16.5. The molecule has 104 valence electrons. The summed E-state index contributed by atoms with van der Waals surface area (Å²) >= 11 is 0. The summed E-state index contributed by atoms with van der Waals surface area (Å²) in [5, 5.41) is 18.3. The zero-order valence-corrected chi connectivity index (χ0v) is 10.5. The smallest absolute Gasteiger partial charge is 0.332 e. The van der Waals surface area contributed by atoms with Gasteiger partial charge in [-0.2, -0.15) is 5.10 Å². The lowest BCUT2D eigenvalue weighted by Crippen LogP contribution is -2.57. The Balaban J connectivity index is 1.88. The van der Waals surface area contributed by atoms with Gasteiger partial charge < -0.3 is 20.5 Å². The number of hydrogen-bond acceptors (Lipinski definition) is 4. The first-order valence-corrected chi connectivity index (χ1v) is 5.87. The van der Waals surface area contributed by atoms with Crippen molar-refractivity contribution in [2.24, 2.45) is 7.05 Å². The number of aryl methyl sites for hydroxylation is 1. The van der Waals surface area contributed by atoms with Crippen LogP contribution >= 0.6 is 0 Å². The largest absolute Gasteiger partial charge is 0.479 e. The lowest BCUT2D eigenvalue weighted by molar-refractivity contribution is -0.144. The molecule has 2 amide bonds. The maximum absolute atomic E-state index is 11.7. The van der Waals surface area contributed by atoms with E-state index in [1.165, 1.54) is 0 Å². The summed E-state index contributed by atoms with van der Waals surface area (Å²) in [7, 11) is 1.78. The first-order chi connectivity index (χ1) is 9.02. The Kier molecular flexibility index (Phi) is 3.70. The molecule has 2 heterocycles. The van der Waals surface area contributed by atoms with Crippen LogP contribution in [0.4, 0.5) is 4.79 Å². The number of aromatic nitrogens is 2. The van der Waals surface area contributed by atoms with Crippen molar-refractivity contribution in [1.29, 1.82) is 0 Å². The summed E-state index contributed by atoms with van der Waals surface area (Å²) in [6, 6.07) is 1.23. The lowest BCUT2D eigenvalue weighted by atomic mass is 9.99. The van der Waals surface area contributed by atoms with E-state index in [2.05, 4.69) is 15.7 Å². The third-order valence-electron chi connectivity index (χ3n) is 2.98. The number of aliphatic carboxylic acids is 1. The zero-order chi connectivity index (χ0) is 13.9. The Morgan fingerprint density at radius 2 is 2.42 bits per heavy atom. The Bertz CT molecular complexity index is 479. The Hall–Kier alpha value is -2.09. The summed E-state index contributed by atoms with van der Waals surface area (Å²) in [5.74, 6) is -1.09. The Morgan fingerprint density at radius 1 is 1.63 bits per heavy atom. The van der Waals surface area contributed by atoms with Crippen molar-refractivity contribution in [3.05, 3.63) is 18.0 Å². The molecule has 0 spiro atoms. The summed E-state index contributed by atoms with van der Waals surface area (Å²) in [4.78, 5) is 22.9. The van der Waals surface area contributed by atoms with E-state index < -0.39 is 17.5 Å². The molecule has 0 aromatic carbocycles. The van der Waals surface area contributed by atoms with Gasteiger partial charge in [0.15, 0.2) is 5.54 Å². The number of urea groups is 1. The van der Waals surface area contributed by atoms with Crippen molar-refractivity contribution in [3.8, 4) is 0 Å². The molecule has 1 aromatic rings. The number of nitrogens with one attached hydrogen (secondary N) is 2. The third kappa shape index (κ3) is 3.02. The lowest BCUT2D eigenvalue weighted by Gasteiger charge is -2.23. The van der Waals surface area contributed by atoms with Crippen LogP contribution < -0.4 is 10.6 Å². The maximum atomic E-state index is 11.7. The second kappa shape index (κ2) is 5.27. The van der Waals surface area contributed by atoms with Gasteiger partial charge in [-0.05, 0) is 6.07 Å². The average molecular weight is 268 g/mol. The van der Waals surface area contributed by atoms with E-state index in [0.717, 1.165) is 0 Å². The number of carbonyl (C=O) groups excluding carboxylic acids is 1. The molecule has 1 fully saturated rings. The zero-order valence-electron chi connectivity index (χ0n) is 10.5. The molecule has 1 aromatic heterocycles. The SMILES string of the molecule is Cn1ccc(CNC(=O)NC2(C(=O)O)CCOC2)n1. The van der Waals surface area contributed by atoms with Crippen LogP contribution in [-0.2, 0) is 23.1 Å². The molecule has 1 aliphatic heterocycles. The van der Waals surface area contributed by atoms with E-state index in [-0.39, 0.29) is 19.6 Å². The molecule has 8 nitrogen and oxygen atoms in total. The van der Waals surface area contributed by atoms with E-state index in [4.69, 9.17) is 9.84 Å². The van der Waals surface area contributed by atoms with Gasteiger partial charge in [0.1, 0.15) is 0 Å². The van der Waals surface area contributed by atoms with Crippen LogP contribution in [-0.4, -0.2) is 45.6 Å². The van der Waals surface area contributed by atoms with Gasteiger partial charge in [-0.25, -0.2) is 9.59 Å². The fraction of sp³-hybridized carbons (Fsp3) is 0.545. The summed E-state index contributed by atoms with van der Waals surface area (Å²) in [6.07, 6.45) is 2.03. The van der Waals surface area contributed by atoms with E-state index in [9.17, 15) is 9.59 Å². The minimum Gasteiger partial charge on any atom is -0.479 e. The fourth-order valence-electron chi connectivity index (χ4n) is 1.88. The Labute approximate surface area is 109 Å². The van der Waals surface area contributed by atoms with Crippen LogP contribution in [0.15, 0.2) is 12.3 Å². The Morgan fingerprint density at radius 3 is 2.95 bits per heavy atom. The molecule has 1 saturated heterocycles. The second-order valence-electron chi connectivity index (χ2n) is 4.48. The molecule has 2 rings (SSSR count). The van der Waals surface area contributed by atoms with Gasteiger partial charge in [-0.15, -0.1) is 0 Å². The van der Waals surface area contributed by atoms with Crippen LogP contribution in [0.5, 0.6) is 0 Å². The molecule has 1 aliphatic rings. The predicted octanol–water partition coefficient (Wildman–Crippen LogP) is -0.537. The number of hydrogen-bond donors (Lipinski definition) is 3. The first-order valence-electron chi connectivity index (χ1n) is 5.87. The first kappa shape index (κ1) is 13.3. The van der Waals surface area contributed by atoms with Gasteiger partial charge in [0.25, 0.3) is 0 Å². The molecule has 19 heavy (non-hydrogen) atoms. The van der Waals surface area contributed by atoms with Crippen LogP contribution in [0.3, 0.4) is 0 Å². The molecule has 0 radical (unpaired) electrons. The standard InChI is InChI=1S/C11H16N4O4/c1-15-4-2-8(14-15)6-12-10(18)13-11(9(16)17)3-5-19-7-11/h2,4H,3,5-7H2,1H3,(H,16,17)(H2,12,13,18). The number of ether oxygens (including phenoxy) is 1. The number of carboxylic acid groups (broad SMARTS) is 1. The van der Waals surface area contributed by atoms with Crippen molar-refractivity contribution >= 4 is 12.0 Å². The summed E-state index contributed by atoms with van der Waals surface area (Å²) < 4.78 is 6.67. The van der Waals surface area contributed by atoms with Crippen molar-refractivity contribution in [2.75, 3.05) is 13.2 Å². The summed E-state index contributed by atoms with van der Waals surface area (Å²) in [6.45, 7) is 0.551. The molecule has 1 atom stereocenters. The molecule has 8 heteroatoms. The maximum Gasteiger partial charge on any atom is 0.332 e. The highest BCUT2D eigenvalue weighted by molar-refractivity contribution is 5.86. The van der Waals surface area contributed by atoms with Crippen LogP contribution in [0.1, 0.15) is 12.1 Å². The molecule has 0 aliphatic carbocycles. The van der Waals surface area contributed by atoms with Crippen molar-refractivity contribution < 1.29 is 19.4 Å². The summed E-state index contributed by atoms with van der Waals surface area (Å²) in [5.41, 5.74) is -0.626. The van der Waals surface area contributed by atoms with Crippen molar-refractivity contribution in [2.45, 2.75) is 18.5 Å². The van der Waals surface area contributed by atoms with E-state index >= 15 is 0 Å². The predicted molar refractivity (Wildman–Crippen MR) is 64.4 cm³/mol. The van der Waals surface area contributed by atoms with Gasteiger partial charge in [-0.3, -0.25) is 4.68 Å². The van der Waals surface area contributed by atoms with Crippen LogP contribution in [0, 0.1) is 0 Å². The van der Waals surface area contributed by atoms with Gasteiger partial charge >= 0.3 is 12.0 Å². The number of carbonyl (C=O) groups is 2. The quantitative estimate of drug-likeness (QED) is 0.680. The number of amides is 2. The van der Waals surface area contributed by atoms with E-state index in [1.807, 2.05) is 0 Å². The molecule has 0 saturated carbocycles. The molecule has 0 bridgehead atoms. The molecule has 3 N–H and O–H groups in total. The van der Waals surface area contributed by atoms with Crippen LogP contribution in [0.2, 0.25) is 0 Å². The van der Waals surface area contributed by atoms with Gasteiger partial charge in [-0.1, -0.05) is 0 Å². The molecular formula is C11H16N4O4. The number of rotatable bonds is 4. The van der Waals surface area contributed by atoms with E-state index in [1.54, 1.807) is 24.0 Å². The van der Waals surface area contributed by atoms with Crippen molar-refractivity contribution in [3.63, 3.8) is 0 Å². The second-order valence-corrected chi connectivity index (χ2v) is 4.48. The monoisotopic (exact) mass is 268 g/mol. The van der Waals surface area contributed by atoms with Gasteiger partial charge in [0, 0.05) is 26.3 Å². The van der Waals surface area contributed by atoms with Crippen molar-refractivity contribution in [1.82, 2.24) is 20.4 Å². The average Bonchev–Trinajstić information content (AvgIpc) is 2.97. The highest BCUT2D eigenvalue weighted by Gasteiger charge is 2.43. The number of carboxylic acids is 1. The number of nitrogens with zero attached hydrogens (tertiary/aromatic N) is 2. The van der Waals surface area contributed by atoms with Crippen LogP contribution in [0.25, 0.3) is 0 Å². The minimum absolute atomic E-state index is 0.0145. The normalized spacial score (nSPS) is 22.2. The third-order valence-corrected chi connectivity index (χ3v) is 2.98. The van der Waals surface area contributed by atoms with Gasteiger partial charge in [0.2, 0.25) is 0 Å². The van der Waals surface area contributed by atoms with E-state index in [0.29, 0.717) is 12.3 Å². The molecule has 1 unspecified atom stereocenters. The molecular weight excluding hydrogens is 252 g/mol. The topological polar surface area (TPSA) is 105 Å². The fourth-order valence-corrected chi connectivity index (χ4v) is 1.88.